The van der Waals surface area contributed by atoms with Gasteiger partial charge in [0.05, 0.1) is 19.8 Å². The van der Waals surface area contributed by atoms with Crippen molar-refractivity contribution in [2.75, 3.05) is 18.1 Å². The molecule has 0 radical (unpaired) electrons. The number of hydrogen-bond acceptors (Lipinski definition) is 3. The Morgan fingerprint density at radius 1 is 1.05 bits per heavy atom. The van der Waals surface area contributed by atoms with Gasteiger partial charge in [-0.1, -0.05) is 48.5 Å². The maximum atomic E-state index is 11.9. The number of benzene rings is 2. The smallest absolute Gasteiger partial charge is 0.414 e. The van der Waals surface area contributed by atoms with Gasteiger partial charge >= 0.3 is 6.09 Å². The van der Waals surface area contributed by atoms with Gasteiger partial charge in [0.15, 0.2) is 0 Å². The third-order valence-electron chi connectivity index (χ3n) is 3.36. The zero-order valence-electron chi connectivity index (χ0n) is 11.6. The van der Waals surface area contributed by atoms with Gasteiger partial charge in [-0.3, -0.25) is 4.90 Å². The van der Waals surface area contributed by atoms with Gasteiger partial charge in [-0.2, -0.15) is 0 Å². The van der Waals surface area contributed by atoms with E-state index >= 15 is 0 Å². The maximum absolute atomic E-state index is 11.9. The van der Waals surface area contributed by atoms with Crippen LogP contribution in [0.3, 0.4) is 0 Å². The normalized spacial score (nSPS) is 17.8. The second-order valence-electron chi connectivity index (χ2n) is 4.95. The molecular formula is C17H17NO3. The molecule has 1 unspecified atom stereocenters. The molecule has 4 nitrogen and oxygen atoms in total. The first-order chi connectivity index (χ1) is 10.3. The molecule has 2 aromatic rings. The second kappa shape index (κ2) is 6.41. The van der Waals surface area contributed by atoms with Crippen LogP contribution in [0.15, 0.2) is 60.7 Å². The van der Waals surface area contributed by atoms with E-state index in [0.717, 1.165) is 11.3 Å². The van der Waals surface area contributed by atoms with E-state index in [0.29, 0.717) is 19.8 Å². The topological polar surface area (TPSA) is 38.8 Å². The third-order valence-corrected chi connectivity index (χ3v) is 3.36. The van der Waals surface area contributed by atoms with Crippen molar-refractivity contribution in [2.24, 2.45) is 0 Å². The molecule has 4 heteroatoms. The van der Waals surface area contributed by atoms with Gasteiger partial charge in [0, 0.05) is 5.69 Å². The highest BCUT2D eigenvalue weighted by atomic mass is 16.6. The summed E-state index contributed by atoms with van der Waals surface area (Å²) in [5, 5.41) is 0. The summed E-state index contributed by atoms with van der Waals surface area (Å²) in [6.45, 7) is 1.46. The van der Waals surface area contributed by atoms with Crippen LogP contribution in [-0.2, 0) is 16.1 Å². The Kier molecular flexibility index (Phi) is 4.17. The number of carbonyl (C=O) groups is 1. The van der Waals surface area contributed by atoms with Crippen LogP contribution in [0.5, 0.6) is 0 Å². The van der Waals surface area contributed by atoms with Crippen LogP contribution in [0.1, 0.15) is 5.56 Å². The van der Waals surface area contributed by atoms with E-state index in [1.807, 2.05) is 60.7 Å². The Bertz CT molecular complexity index is 585. The van der Waals surface area contributed by atoms with Crippen LogP contribution in [-0.4, -0.2) is 25.3 Å². The van der Waals surface area contributed by atoms with Gasteiger partial charge in [-0.25, -0.2) is 4.79 Å². The van der Waals surface area contributed by atoms with Crippen molar-refractivity contribution in [3.8, 4) is 0 Å². The first-order valence-corrected chi connectivity index (χ1v) is 6.98. The molecule has 0 N–H and O–H groups in total. The Labute approximate surface area is 123 Å². The Hall–Kier alpha value is -2.33. The van der Waals surface area contributed by atoms with Crippen LogP contribution in [0.2, 0.25) is 0 Å². The number of nitrogens with zero attached hydrogens (tertiary/aromatic N) is 1. The fraction of sp³-hybridized carbons (Fsp3) is 0.235. The summed E-state index contributed by atoms with van der Waals surface area (Å²) in [6.07, 6.45) is -0.532. The lowest BCUT2D eigenvalue weighted by Gasteiger charge is -2.12. The Balaban J connectivity index is 1.51. The Morgan fingerprint density at radius 3 is 2.43 bits per heavy atom. The van der Waals surface area contributed by atoms with Gasteiger partial charge in [-0.15, -0.1) is 0 Å². The van der Waals surface area contributed by atoms with E-state index < -0.39 is 0 Å². The summed E-state index contributed by atoms with van der Waals surface area (Å²) in [4.78, 5) is 13.5. The third kappa shape index (κ3) is 3.41. The van der Waals surface area contributed by atoms with E-state index in [9.17, 15) is 4.79 Å². The number of anilines is 1. The summed E-state index contributed by atoms with van der Waals surface area (Å²) >= 11 is 0. The van der Waals surface area contributed by atoms with Gasteiger partial charge in [0.25, 0.3) is 0 Å². The molecule has 1 aliphatic rings. The molecule has 0 aromatic heterocycles. The summed E-state index contributed by atoms with van der Waals surface area (Å²) in [6, 6.07) is 19.5. The minimum atomic E-state index is -0.311. The van der Waals surface area contributed by atoms with Crippen LogP contribution >= 0.6 is 0 Å². The highest BCUT2D eigenvalue weighted by Gasteiger charge is 2.32. The molecule has 3 rings (SSSR count). The minimum absolute atomic E-state index is 0.221. The first-order valence-electron chi connectivity index (χ1n) is 6.98. The predicted molar refractivity (Wildman–Crippen MR) is 80.2 cm³/mol. The molecule has 1 amide bonds. The minimum Gasteiger partial charge on any atom is -0.441 e. The summed E-state index contributed by atoms with van der Waals surface area (Å²) < 4.78 is 11.0. The van der Waals surface area contributed by atoms with Crippen molar-refractivity contribution in [3.05, 3.63) is 66.2 Å². The van der Waals surface area contributed by atoms with E-state index in [1.54, 1.807) is 4.90 Å². The summed E-state index contributed by atoms with van der Waals surface area (Å²) in [5.41, 5.74) is 1.97. The molecule has 1 atom stereocenters. The highest BCUT2D eigenvalue weighted by molar-refractivity contribution is 5.89. The number of cyclic esters (lactones) is 1. The van der Waals surface area contributed by atoms with Crippen molar-refractivity contribution < 1.29 is 14.3 Å². The van der Waals surface area contributed by atoms with E-state index in [2.05, 4.69) is 0 Å². The van der Waals surface area contributed by atoms with Crippen molar-refractivity contribution in [1.82, 2.24) is 0 Å². The summed E-state index contributed by atoms with van der Waals surface area (Å²) in [5.74, 6) is 0. The van der Waals surface area contributed by atoms with Gasteiger partial charge in [0.1, 0.15) is 6.10 Å². The first kappa shape index (κ1) is 13.6. The molecule has 0 saturated carbocycles. The number of hydrogen-bond donors (Lipinski definition) is 0. The predicted octanol–water partition coefficient (Wildman–Crippen LogP) is 3.23. The molecule has 0 spiro atoms. The second-order valence-corrected chi connectivity index (χ2v) is 4.95. The van der Waals surface area contributed by atoms with Crippen LogP contribution in [0.4, 0.5) is 10.5 Å². The average molecular weight is 283 g/mol. The zero-order valence-corrected chi connectivity index (χ0v) is 11.6. The standard InChI is InChI=1S/C17H17NO3/c19-17-18(15-9-5-2-6-10-15)11-16(21-17)13-20-12-14-7-3-1-4-8-14/h1-10,16H,11-13H2. The van der Waals surface area contributed by atoms with Gasteiger partial charge in [-0.05, 0) is 17.7 Å². The molecule has 1 heterocycles. The van der Waals surface area contributed by atoms with Crippen molar-refractivity contribution in [2.45, 2.75) is 12.7 Å². The van der Waals surface area contributed by atoms with Crippen molar-refractivity contribution in [1.29, 1.82) is 0 Å². The molecule has 108 valence electrons. The fourth-order valence-corrected chi connectivity index (χ4v) is 2.31. The van der Waals surface area contributed by atoms with E-state index in [1.165, 1.54) is 0 Å². The number of carbonyl (C=O) groups excluding carboxylic acids is 1. The lowest BCUT2D eigenvalue weighted by atomic mass is 10.2. The SMILES string of the molecule is O=C1OC(COCc2ccccc2)CN1c1ccccc1. The zero-order chi connectivity index (χ0) is 14.5. The molecule has 0 bridgehead atoms. The van der Waals surface area contributed by atoms with Crippen LogP contribution in [0, 0.1) is 0 Å². The van der Waals surface area contributed by atoms with Crippen molar-refractivity contribution in [3.63, 3.8) is 0 Å². The maximum Gasteiger partial charge on any atom is 0.414 e. The average Bonchev–Trinajstić information content (AvgIpc) is 2.90. The molecule has 0 aliphatic carbocycles. The molecule has 21 heavy (non-hydrogen) atoms. The summed E-state index contributed by atoms with van der Waals surface area (Å²) in [7, 11) is 0. The number of para-hydroxylation sites is 1. The van der Waals surface area contributed by atoms with Crippen LogP contribution in [0.25, 0.3) is 0 Å². The molecule has 1 fully saturated rings. The largest absolute Gasteiger partial charge is 0.441 e. The van der Waals surface area contributed by atoms with E-state index in [4.69, 9.17) is 9.47 Å². The number of ether oxygens (including phenoxy) is 2. The number of amides is 1. The molecule has 1 aliphatic heterocycles. The van der Waals surface area contributed by atoms with Gasteiger partial charge in [0.2, 0.25) is 0 Å². The lowest BCUT2D eigenvalue weighted by Crippen LogP contribution is -2.25. The molecule has 1 saturated heterocycles. The molecular weight excluding hydrogens is 266 g/mol. The quantitative estimate of drug-likeness (QED) is 0.845. The molecule has 2 aromatic carbocycles. The fourth-order valence-electron chi connectivity index (χ4n) is 2.31. The Morgan fingerprint density at radius 2 is 1.71 bits per heavy atom. The van der Waals surface area contributed by atoms with E-state index in [-0.39, 0.29) is 12.2 Å². The van der Waals surface area contributed by atoms with Crippen molar-refractivity contribution >= 4 is 11.8 Å². The lowest BCUT2D eigenvalue weighted by molar-refractivity contribution is 0.0381. The number of rotatable bonds is 5. The van der Waals surface area contributed by atoms with Gasteiger partial charge < -0.3 is 9.47 Å². The van der Waals surface area contributed by atoms with Crippen LogP contribution < -0.4 is 4.90 Å². The monoisotopic (exact) mass is 283 g/mol. The highest BCUT2D eigenvalue weighted by Crippen LogP contribution is 2.21.